The first-order chi connectivity index (χ1) is 8.86. The Hall–Kier alpha value is -1.47. The van der Waals surface area contributed by atoms with Crippen molar-refractivity contribution in [1.29, 1.82) is 0 Å². The maximum absolute atomic E-state index is 13.1. The fraction of sp³-hybridized carbons (Fsp3) is 0.333. The molecule has 0 unspecified atom stereocenters. The average Bonchev–Trinajstić information content (AvgIpc) is 2.79. The Bertz CT molecular complexity index is 581. The van der Waals surface area contributed by atoms with Crippen LogP contribution in [0.2, 0.25) is 0 Å². The minimum atomic E-state index is -0.679. The fourth-order valence-corrected chi connectivity index (χ4v) is 1.66. The molecule has 2 N–H and O–H groups in total. The van der Waals surface area contributed by atoms with E-state index in [-0.39, 0.29) is 18.3 Å². The normalized spacial score (nSPS) is 11.6. The van der Waals surface area contributed by atoms with Crippen molar-refractivity contribution in [2.75, 3.05) is 0 Å². The smallest absolute Gasteiger partial charge is 0.264 e. The minimum Gasteiger partial charge on any atom is -0.482 e. The highest BCUT2D eigenvalue weighted by Gasteiger charge is 2.21. The van der Waals surface area contributed by atoms with Crippen LogP contribution < -0.4 is 10.5 Å². The fourth-order valence-electron chi connectivity index (χ4n) is 1.30. The molecule has 1 heterocycles. The second-order valence-corrected chi connectivity index (χ2v) is 5.45. The van der Waals surface area contributed by atoms with E-state index < -0.39 is 5.54 Å². The Morgan fingerprint density at radius 2 is 2.21 bits per heavy atom. The third-order valence-electron chi connectivity index (χ3n) is 2.29. The van der Waals surface area contributed by atoms with Gasteiger partial charge >= 0.3 is 0 Å². The van der Waals surface area contributed by atoms with E-state index in [0.717, 1.165) is 0 Å². The van der Waals surface area contributed by atoms with Crippen molar-refractivity contribution in [3.8, 4) is 5.75 Å². The van der Waals surface area contributed by atoms with Gasteiger partial charge in [-0.25, -0.2) is 4.39 Å². The van der Waals surface area contributed by atoms with E-state index in [0.29, 0.717) is 16.0 Å². The molecule has 0 fully saturated rings. The predicted molar refractivity (Wildman–Crippen MR) is 69.9 cm³/mol. The maximum atomic E-state index is 13.1. The molecule has 19 heavy (non-hydrogen) atoms. The van der Waals surface area contributed by atoms with Gasteiger partial charge in [0.05, 0.1) is 10.0 Å². The standard InChI is InChI=1S/C12H13BrFN3O2/c1-12(2,15)11-16-10(19-17-11)6-18-9-5-7(14)3-4-8(9)13/h3-5H,6,15H2,1-2H3. The van der Waals surface area contributed by atoms with Crippen LogP contribution in [0.1, 0.15) is 25.6 Å². The summed E-state index contributed by atoms with van der Waals surface area (Å²) in [6.07, 6.45) is 0. The van der Waals surface area contributed by atoms with Gasteiger partial charge in [-0.3, -0.25) is 0 Å². The zero-order valence-corrected chi connectivity index (χ0v) is 12.1. The number of benzene rings is 1. The summed E-state index contributed by atoms with van der Waals surface area (Å²) in [5.41, 5.74) is 5.16. The monoisotopic (exact) mass is 329 g/mol. The van der Waals surface area contributed by atoms with Gasteiger partial charge in [0.1, 0.15) is 11.6 Å². The Kier molecular flexibility index (Phi) is 3.86. The highest BCUT2D eigenvalue weighted by atomic mass is 79.9. The summed E-state index contributed by atoms with van der Waals surface area (Å²) in [6.45, 7) is 3.59. The van der Waals surface area contributed by atoms with Crippen LogP contribution in [0.25, 0.3) is 0 Å². The van der Waals surface area contributed by atoms with Gasteiger partial charge in [0.2, 0.25) is 0 Å². The lowest BCUT2D eigenvalue weighted by Crippen LogP contribution is -2.30. The number of hydrogen-bond acceptors (Lipinski definition) is 5. The molecule has 0 radical (unpaired) electrons. The lowest BCUT2D eigenvalue weighted by atomic mass is 10.1. The van der Waals surface area contributed by atoms with Crippen molar-refractivity contribution in [1.82, 2.24) is 10.1 Å². The molecule has 5 nitrogen and oxygen atoms in total. The van der Waals surface area contributed by atoms with Crippen LogP contribution in [0.4, 0.5) is 4.39 Å². The van der Waals surface area contributed by atoms with Crippen LogP contribution in [-0.2, 0) is 12.1 Å². The van der Waals surface area contributed by atoms with Crippen molar-refractivity contribution in [3.63, 3.8) is 0 Å². The largest absolute Gasteiger partial charge is 0.482 e. The zero-order chi connectivity index (χ0) is 14.0. The Labute approximate surface area is 118 Å². The molecule has 0 aliphatic rings. The zero-order valence-electron chi connectivity index (χ0n) is 10.5. The molecule has 1 aromatic carbocycles. The number of hydrogen-bond donors (Lipinski definition) is 1. The summed E-state index contributed by atoms with van der Waals surface area (Å²) in [5.74, 6) is 0.661. The predicted octanol–water partition coefficient (Wildman–Crippen LogP) is 2.74. The van der Waals surface area contributed by atoms with E-state index in [9.17, 15) is 4.39 Å². The van der Waals surface area contributed by atoms with E-state index in [2.05, 4.69) is 26.1 Å². The summed E-state index contributed by atoms with van der Waals surface area (Å²) in [6, 6.07) is 4.17. The SMILES string of the molecule is CC(C)(N)c1noc(COc2cc(F)ccc2Br)n1. The van der Waals surface area contributed by atoms with Crippen molar-refractivity contribution in [2.45, 2.75) is 26.0 Å². The highest BCUT2D eigenvalue weighted by molar-refractivity contribution is 9.10. The van der Waals surface area contributed by atoms with E-state index in [4.69, 9.17) is 15.0 Å². The molecular weight excluding hydrogens is 317 g/mol. The van der Waals surface area contributed by atoms with Gasteiger partial charge < -0.3 is 15.0 Å². The van der Waals surface area contributed by atoms with Gasteiger partial charge in [0, 0.05) is 6.07 Å². The first-order valence-electron chi connectivity index (χ1n) is 5.56. The number of nitrogens with two attached hydrogens (primary N) is 1. The van der Waals surface area contributed by atoms with Gasteiger partial charge in [0.25, 0.3) is 5.89 Å². The molecule has 0 saturated carbocycles. The second-order valence-electron chi connectivity index (χ2n) is 4.60. The second kappa shape index (κ2) is 5.26. The quantitative estimate of drug-likeness (QED) is 0.933. The van der Waals surface area contributed by atoms with Crippen LogP contribution in [0, 0.1) is 5.82 Å². The summed E-state index contributed by atoms with van der Waals surface area (Å²) >= 11 is 3.26. The number of halogens is 2. The molecule has 0 aliphatic heterocycles. The van der Waals surface area contributed by atoms with Crippen molar-refractivity contribution < 1.29 is 13.7 Å². The Morgan fingerprint density at radius 1 is 1.47 bits per heavy atom. The highest BCUT2D eigenvalue weighted by Crippen LogP contribution is 2.26. The number of rotatable bonds is 4. The third-order valence-corrected chi connectivity index (χ3v) is 2.94. The van der Waals surface area contributed by atoms with E-state index in [1.807, 2.05) is 0 Å². The van der Waals surface area contributed by atoms with Crippen LogP contribution in [0.5, 0.6) is 5.75 Å². The van der Waals surface area contributed by atoms with E-state index in [1.165, 1.54) is 12.1 Å². The molecule has 0 bridgehead atoms. The summed E-state index contributed by atoms with van der Waals surface area (Å²) in [7, 11) is 0. The van der Waals surface area contributed by atoms with Crippen molar-refractivity contribution in [2.24, 2.45) is 5.73 Å². The van der Waals surface area contributed by atoms with Crippen LogP contribution in [-0.4, -0.2) is 10.1 Å². The minimum absolute atomic E-state index is 0.0468. The topological polar surface area (TPSA) is 74.2 Å². The third kappa shape index (κ3) is 3.51. The van der Waals surface area contributed by atoms with Gasteiger partial charge in [-0.2, -0.15) is 4.98 Å². The van der Waals surface area contributed by atoms with Crippen LogP contribution in [0.15, 0.2) is 27.2 Å². The molecule has 0 amide bonds. The molecule has 0 saturated heterocycles. The first kappa shape index (κ1) is 14.0. The molecular formula is C12H13BrFN3O2. The first-order valence-corrected chi connectivity index (χ1v) is 6.35. The molecule has 0 atom stereocenters. The number of ether oxygens (including phenoxy) is 1. The molecule has 2 rings (SSSR count). The molecule has 1 aromatic heterocycles. The molecule has 0 aliphatic carbocycles. The summed E-state index contributed by atoms with van der Waals surface area (Å²) in [4.78, 5) is 4.11. The van der Waals surface area contributed by atoms with E-state index in [1.54, 1.807) is 19.9 Å². The maximum Gasteiger partial charge on any atom is 0.264 e. The van der Waals surface area contributed by atoms with Gasteiger partial charge in [0.15, 0.2) is 12.4 Å². The van der Waals surface area contributed by atoms with Gasteiger partial charge in [-0.05, 0) is 41.9 Å². The van der Waals surface area contributed by atoms with Crippen LogP contribution >= 0.6 is 15.9 Å². The molecule has 102 valence electrons. The van der Waals surface area contributed by atoms with Crippen molar-refractivity contribution in [3.05, 3.63) is 40.2 Å². The van der Waals surface area contributed by atoms with Gasteiger partial charge in [-0.1, -0.05) is 5.16 Å². The summed E-state index contributed by atoms with van der Waals surface area (Å²) < 4.78 is 24.1. The van der Waals surface area contributed by atoms with Crippen LogP contribution in [0.3, 0.4) is 0 Å². The Morgan fingerprint density at radius 3 is 2.84 bits per heavy atom. The van der Waals surface area contributed by atoms with Crippen molar-refractivity contribution >= 4 is 15.9 Å². The lowest BCUT2D eigenvalue weighted by Gasteiger charge is -2.11. The molecule has 2 aromatic rings. The summed E-state index contributed by atoms with van der Waals surface area (Å²) in [5, 5.41) is 3.76. The average molecular weight is 330 g/mol. The van der Waals surface area contributed by atoms with E-state index >= 15 is 0 Å². The van der Waals surface area contributed by atoms with Gasteiger partial charge in [-0.15, -0.1) is 0 Å². The number of aromatic nitrogens is 2. The lowest BCUT2D eigenvalue weighted by molar-refractivity contribution is 0.240. The molecule has 7 heteroatoms. The number of nitrogens with zero attached hydrogens (tertiary/aromatic N) is 2. The Balaban J connectivity index is 2.06. The molecule has 0 spiro atoms.